The van der Waals surface area contributed by atoms with E-state index in [-0.39, 0.29) is 10.6 Å². The van der Waals surface area contributed by atoms with Crippen LogP contribution in [0.2, 0.25) is 5.02 Å². The Labute approximate surface area is 89.9 Å². The van der Waals surface area contributed by atoms with Crippen LogP contribution >= 0.6 is 11.6 Å². The molecule has 1 rings (SSSR count). The molecule has 1 aromatic carbocycles. The largest absolute Gasteiger partial charge is 0.366 e. The summed E-state index contributed by atoms with van der Waals surface area (Å²) >= 11 is 5.47. The van der Waals surface area contributed by atoms with Crippen molar-refractivity contribution in [3.05, 3.63) is 28.5 Å². The van der Waals surface area contributed by atoms with Crippen LogP contribution in [0, 0.1) is 5.82 Å². The molecule has 0 aliphatic carbocycles. The minimum Gasteiger partial charge on any atom is -0.366 e. The number of amides is 1. The average molecular weight is 253 g/mol. The molecule has 0 aliphatic heterocycles. The number of halogens is 2. The number of rotatable bonds is 2. The zero-order valence-corrected chi connectivity index (χ0v) is 8.77. The van der Waals surface area contributed by atoms with E-state index in [9.17, 15) is 17.6 Å². The average Bonchev–Trinajstić information content (AvgIpc) is 2.00. The van der Waals surface area contributed by atoms with Gasteiger partial charge in [0.15, 0.2) is 0 Å². The molecule has 0 aromatic heterocycles. The Morgan fingerprint density at radius 3 is 2.33 bits per heavy atom. The van der Waals surface area contributed by atoms with Gasteiger partial charge in [-0.3, -0.25) is 4.79 Å². The van der Waals surface area contributed by atoms with Crippen molar-refractivity contribution >= 4 is 27.5 Å². The quantitative estimate of drug-likeness (QED) is 0.787. The molecular formula is C7H6ClFN2O3S. The Morgan fingerprint density at radius 1 is 1.40 bits per heavy atom. The van der Waals surface area contributed by atoms with Crippen LogP contribution in [-0.2, 0) is 10.0 Å². The monoisotopic (exact) mass is 252 g/mol. The molecule has 1 aromatic rings. The van der Waals surface area contributed by atoms with Gasteiger partial charge in [-0.05, 0) is 12.1 Å². The minimum absolute atomic E-state index is 0.271. The van der Waals surface area contributed by atoms with Gasteiger partial charge in [0.2, 0.25) is 15.9 Å². The zero-order valence-electron chi connectivity index (χ0n) is 7.20. The maximum atomic E-state index is 13.1. The molecule has 0 unspecified atom stereocenters. The number of sulfonamides is 1. The van der Waals surface area contributed by atoms with Gasteiger partial charge < -0.3 is 5.73 Å². The Hall–Kier alpha value is -1.18. The zero-order chi connectivity index (χ0) is 11.8. The Bertz CT molecular complexity index is 529. The van der Waals surface area contributed by atoms with Crippen LogP contribution in [0.25, 0.3) is 0 Å². The molecule has 0 radical (unpaired) electrons. The van der Waals surface area contributed by atoms with Crippen LogP contribution in [0.3, 0.4) is 0 Å². The van der Waals surface area contributed by atoms with E-state index >= 15 is 0 Å². The van der Waals surface area contributed by atoms with Crippen molar-refractivity contribution in [1.29, 1.82) is 0 Å². The summed E-state index contributed by atoms with van der Waals surface area (Å²) in [6.45, 7) is 0. The van der Waals surface area contributed by atoms with E-state index in [1.165, 1.54) is 0 Å². The molecule has 0 heterocycles. The fourth-order valence-corrected chi connectivity index (χ4v) is 1.79. The number of carbonyl (C=O) groups is 1. The Morgan fingerprint density at radius 2 is 1.93 bits per heavy atom. The van der Waals surface area contributed by atoms with Crippen molar-refractivity contribution < 1.29 is 17.6 Å². The van der Waals surface area contributed by atoms with Gasteiger partial charge >= 0.3 is 0 Å². The van der Waals surface area contributed by atoms with Gasteiger partial charge in [-0.2, -0.15) is 0 Å². The topological polar surface area (TPSA) is 103 Å². The second-order valence-corrected chi connectivity index (χ2v) is 4.61. The highest BCUT2D eigenvalue weighted by atomic mass is 35.5. The van der Waals surface area contributed by atoms with Crippen molar-refractivity contribution in [2.45, 2.75) is 4.90 Å². The van der Waals surface area contributed by atoms with E-state index in [1.54, 1.807) is 0 Å². The second-order valence-electron chi connectivity index (χ2n) is 2.67. The first kappa shape index (κ1) is 11.9. The van der Waals surface area contributed by atoms with E-state index in [1.807, 2.05) is 0 Å². The smallest absolute Gasteiger partial charge is 0.250 e. The summed E-state index contributed by atoms with van der Waals surface area (Å²) < 4.78 is 34.9. The number of primary amides is 1. The van der Waals surface area contributed by atoms with E-state index in [4.69, 9.17) is 22.5 Å². The lowest BCUT2D eigenvalue weighted by Gasteiger charge is -2.04. The van der Waals surface area contributed by atoms with Gasteiger partial charge in [0.1, 0.15) is 10.7 Å². The van der Waals surface area contributed by atoms with Crippen molar-refractivity contribution in [2.24, 2.45) is 10.9 Å². The molecule has 5 nitrogen and oxygen atoms in total. The lowest BCUT2D eigenvalue weighted by molar-refractivity contribution is 0.1000. The molecule has 8 heteroatoms. The number of nitrogens with two attached hydrogens (primary N) is 2. The standard InChI is InChI=1S/C7H6ClFN2O3S/c8-4-2-5(9)6(15(11,13)14)1-3(4)7(10)12/h1-2H,(H2,10,12)(H2,11,13,14). The molecule has 0 spiro atoms. The van der Waals surface area contributed by atoms with E-state index < -0.39 is 26.6 Å². The lowest BCUT2D eigenvalue weighted by atomic mass is 10.2. The molecule has 0 saturated carbocycles. The van der Waals surface area contributed by atoms with Crippen LogP contribution in [0.5, 0.6) is 0 Å². The first-order chi connectivity index (χ1) is 6.73. The summed E-state index contributed by atoms with van der Waals surface area (Å²) in [6, 6.07) is 1.37. The third-order valence-electron chi connectivity index (χ3n) is 1.59. The number of hydrogen-bond donors (Lipinski definition) is 2. The van der Waals surface area contributed by atoms with E-state index in [2.05, 4.69) is 0 Å². The maximum Gasteiger partial charge on any atom is 0.250 e. The van der Waals surface area contributed by atoms with Crippen LogP contribution < -0.4 is 10.9 Å². The molecule has 0 bridgehead atoms. The summed E-state index contributed by atoms with van der Waals surface area (Å²) in [6.07, 6.45) is 0. The van der Waals surface area contributed by atoms with Gasteiger partial charge in [-0.25, -0.2) is 17.9 Å². The first-order valence-corrected chi connectivity index (χ1v) is 5.47. The molecule has 0 saturated heterocycles. The number of carbonyl (C=O) groups excluding carboxylic acids is 1. The molecule has 0 aliphatic rings. The fraction of sp³-hybridized carbons (Fsp3) is 0. The van der Waals surface area contributed by atoms with Gasteiger partial charge in [0.25, 0.3) is 0 Å². The summed E-state index contributed by atoms with van der Waals surface area (Å²) in [7, 11) is -4.25. The van der Waals surface area contributed by atoms with Crippen LogP contribution in [0.15, 0.2) is 17.0 Å². The summed E-state index contributed by atoms with van der Waals surface area (Å²) in [5.41, 5.74) is 4.59. The second kappa shape index (κ2) is 3.76. The van der Waals surface area contributed by atoms with Gasteiger partial charge in [0, 0.05) is 0 Å². The lowest BCUT2D eigenvalue weighted by Crippen LogP contribution is -2.17. The van der Waals surface area contributed by atoms with Crippen molar-refractivity contribution in [3.8, 4) is 0 Å². The highest BCUT2D eigenvalue weighted by Crippen LogP contribution is 2.22. The van der Waals surface area contributed by atoms with Gasteiger partial charge in [-0.15, -0.1) is 0 Å². The van der Waals surface area contributed by atoms with Crippen molar-refractivity contribution in [2.75, 3.05) is 0 Å². The number of hydrogen-bond acceptors (Lipinski definition) is 3. The molecule has 0 atom stereocenters. The highest BCUT2D eigenvalue weighted by molar-refractivity contribution is 7.89. The maximum absolute atomic E-state index is 13.1. The third kappa shape index (κ3) is 2.44. The highest BCUT2D eigenvalue weighted by Gasteiger charge is 2.19. The van der Waals surface area contributed by atoms with E-state index in [0.717, 1.165) is 0 Å². The van der Waals surface area contributed by atoms with E-state index in [0.29, 0.717) is 12.1 Å². The molecule has 0 fully saturated rings. The summed E-state index contributed by atoms with van der Waals surface area (Å²) in [5.74, 6) is -2.10. The summed E-state index contributed by atoms with van der Waals surface area (Å²) in [4.78, 5) is 9.97. The number of primary sulfonamides is 1. The van der Waals surface area contributed by atoms with Gasteiger partial charge in [0.05, 0.1) is 10.6 Å². The van der Waals surface area contributed by atoms with Crippen molar-refractivity contribution in [1.82, 2.24) is 0 Å². The van der Waals surface area contributed by atoms with Crippen molar-refractivity contribution in [3.63, 3.8) is 0 Å². The molecule has 15 heavy (non-hydrogen) atoms. The normalized spacial score (nSPS) is 11.4. The van der Waals surface area contributed by atoms with Crippen LogP contribution in [0.4, 0.5) is 4.39 Å². The molecular weight excluding hydrogens is 247 g/mol. The predicted octanol–water partition coefficient (Wildman–Crippen LogP) is 0.225. The molecule has 1 amide bonds. The number of benzene rings is 1. The predicted molar refractivity (Wildman–Crippen MR) is 51.3 cm³/mol. The molecule has 82 valence electrons. The van der Waals surface area contributed by atoms with Crippen LogP contribution in [0.1, 0.15) is 10.4 Å². The Balaban J connectivity index is 3.58. The summed E-state index contributed by atoms with van der Waals surface area (Å²) in [5, 5.41) is 4.44. The van der Waals surface area contributed by atoms with Gasteiger partial charge in [-0.1, -0.05) is 11.6 Å². The molecule has 4 N–H and O–H groups in total. The minimum atomic E-state index is -4.25. The first-order valence-electron chi connectivity index (χ1n) is 3.55. The third-order valence-corrected chi connectivity index (χ3v) is 2.83. The SMILES string of the molecule is NC(=O)c1cc(S(N)(=O)=O)c(F)cc1Cl. The Kier molecular flexibility index (Phi) is 2.98. The van der Waals surface area contributed by atoms with Crippen LogP contribution in [-0.4, -0.2) is 14.3 Å². The fourth-order valence-electron chi connectivity index (χ4n) is 0.936.